The van der Waals surface area contributed by atoms with Crippen molar-refractivity contribution in [1.29, 1.82) is 0 Å². The summed E-state index contributed by atoms with van der Waals surface area (Å²) < 4.78 is 0. The minimum atomic E-state index is 0.0632. The Balaban J connectivity index is 2.36. The van der Waals surface area contributed by atoms with Crippen molar-refractivity contribution in [3.63, 3.8) is 0 Å². The van der Waals surface area contributed by atoms with Gasteiger partial charge in [-0.25, -0.2) is 0 Å². The molecule has 1 aromatic carbocycles. The Kier molecular flexibility index (Phi) is 5.79. The highest BCUT2D eigenvalue weighted by Crippen LogP contribution is 2.22. The number of nitrogens with one attached hydrogen (secondary N) is 1. The summed E-state index contributed by atoms with van der Waals surface area (Å²) in [6, 6.07) is 8.94. The van der Waals surface area contributed by atoms with Crippen molar-refractivity contribution in [2.24, 2.45) is 11.5 Å². The highest BCUT2D eigenvalue weighted by atomic mass is 14.9. The van der Waals surface area contributed by atoms with Crippen LogP contribution < -0.4 is 16.8 Å². The molecule has 3 nitrogen and oxygen atoms in total. The maximum absolute atomic E-state index is 5.73. The maximum Gasteiger partial charge on any atom is 0.0290 e. The van der Waals surface area contributed by atoms with E-state index in [-0.39, 0.29) is 11.5 Å². The molecule has 0 spiro atoms. The van der Waals surface area contributed by atoms with Gasteiger partial charge >= 0.3 is 0 Å². The van der Waals surface area contributed by atoms with Crippen LogP contribution in [0.25, 0.3) is 0 Å². The monoisotopic (exact) mass is 249 g/mol. The molecule has 0 aliphatic rings. The van der Waals surface area contributed by atoms with E-state index in [1.165, 1.54) is 11.1 Å². The molecule has 1 rings (SSSR count). The molecule has 0 heterocycles. The summed E-state index contributed by atoms with van der Waals surface area (Å²) >= 11 is 0. The molecule has 0 amide bonds. The zero-order chi connectivity index (χ0) is 13.6. The van der Waals surface area contributed by atoms with Crippen LogP contribution in [-0.2, 0) is 11.8 Å². The van der Waals surface area contributed by atoms with Gasteiger partial charge in [0.05, 0.1) is 0 Å². The van der Waals surface area contributed by atoms with Crippen LogP contribution in [0.15, 0.2) is 24.3 Å². The average molecular weight is 249 g/mol. The smallest absolute Gasteiger partial charge is 0.0290 e. The molecular weight excluding hydrogens is 222 g/mol. The first kappa shape index (κ1) is 15.2. The molecular formula is C15H27N3. The summed E-state index contributed by atoms with van der Waals surface area (Å²) in [4.78, 5) is 0. The number of rotatable bonds is 6. The molecule has 102 valence electrons. The van der Waals surface area contributed by atoms with Crippen molar-refractivity contribution in [1.82, 2.24) is 5.32 Å². The van der Waals surface area contributed by atoms with Gasteiger partial charge in [0.25, 0.3) is 0 Å². The molecule has 1 unspecified atom stereocenters. The second kappa shape index (κ2) is 6.88. The van der Waals surface area contributed by atoms with E-state index in [0.717, 1.165) is 19.5 Å². The first-order valence-corrected chi connectivity index (χ1v) is 6.69. The molecule has 5 N–H and O–H groups in total. The largest absolute Gasteiger partial charge is 0.329 e. The quantitative estimate of drug-likeness (QED) is 0.668. The van der Waals surface area contributed by atoms with E-state index in [1.54, 1.807) is 0 Å². The Labute approximate surface area is 111 Å². The standard InChI is InChI=1S/C15H27N3/c1-15(2,3)13-6-4-12(5-7-13)8-9-18-11-14(17)10-16/h4-7,14,18H,8-11,16-17H2,1-3H3. The fourth-order valence-electron chi connectivity index (χ4n) is 1.77. The Morgan fingerprint density at radius 3 is 2.28 bits per heavy atom. The van der Waals surface area contributed by atoms with Crippen LogP contribution in [-0.4, -0.2) is 25.7 Å². The van der Waals surface area contributed by atoms with E-state index in [4.69, 9.17) is 11.5 Å². The van der Waals surface area contributed by atoms with Gasteiger partial charge in [0.15, 0.2) is 0 Å². The lowest BCUT2D eigenvalue weighted by Gasteiger charge is -2.19. The molecule has 0 saturated heterocycles. The van der Waals surface area contributed by atoms with Crippen LogP contribution >= 0.6 is 0 Å². The minimum Gasteiger partial charge on any atom is -0.329 e. The molecule has 1 atom stereocenters. The molecule has 18 heavy (non-hydrogen) atoms. The molecule has 1 aromatic rings. The zero-order valence-electron chi connectivity index (χ0n) is 11.9. The summed E-state index contributed by atoms with van der Waals surface area (Å²) in [5.74, 6) is 0. The first-order valence-electron chi connectivity index (χ1n) is 6.69. The molecule has 0 fully saturated rings. The molecule has 3 heteroatoms. The third-order valence-corrected chi connectivity index (χ3v) is 3.12. The molecule has 0 aliphatic heterocycles. The summed E-state index contributed by atoms with van der Waals surface area (Å²) in [6.07, 6.45) is 1.03. The van der Waals surface area contributed by atoms with Gasteiger partial charge in [-0.1, -0.05) is 45.0 Å². The van der Waals surface area contributed by atoms with Gasteiger partial charge < -0.3 is 16.8 Å². The third kappa shape index (κ3) is 5.17. The lowest BCUT2D eigenvalue weighted by molar-refractivity contribution is 0.581. The Morgan fingerprint density at radius 1 is 1.17 bits per heavy atom. The summed E-state index contributed by atoms with van der Waals surface area (Å²) in [7, 11) is 0. The van der Waals surface area contributed by atoms with Crippen LogP contribution in [0.1, 0.15) is 31.9 Å². The second-order valence-electron chi connectivity index (χ2n) is 5.90. The average Bonchev–Trinajstić information content (AvgIpc) is 2.33. The normalized spacial score (nSPS) is 13.6. The summed E-state index contributed by atoms with van der Waals surface area (Å²) in [5, 5.41) is 3.32. The Hall–Kier alpha value is -0.900. The van der Waals surface area contributed by atoms with Crippen LogP contribution in [0, 0.1) is 0 Å². The maximum atomic E-state index is 5.73. The van der Waals surface area contributed by atoms with Crippen molar-refractivity contribution in [2.75, 3.05) is 19.6 Å². The highest BCUT2D eigenvalue weighted by molar-refractivity contribution is 5.27. The van der Waals surface area contributed by atoms with Gasteiger partial charge in [-0.2, -0.15) is 0 Å². The van der Waals surface area contributed by atoms with Gasteiger partial charge in [0.2, 0.25) is 0 Å². The Morgan fingerprint density at radius 2 is 1.78 bits per heavy atom. The summed E-state index contributed by atoms with van der Waals surface area (Å²) in [5.41, 5.74) is 14.2. The predicted molar refractivity (Wildman–Crippen MR) is 78.7 cm³/mol. The van der Waals surface area contributed by atoms with Crippen molar-refractivity contribution in [2.45, 2.75) is 38.6 Å². The van der Waals surface area contributed by atoms with Gasteiger partial charge in [0.1, 0.15) is 0 Å². The highest BCUT2D eigenvalue weighted by Gasteiger charge is 2.12. The van der Waals surface area contributed by atoms with E-state index in [2.05, 4.69) is 50.4 Å². The number of hydrogen-bond donors (Lipinski definition) is 3. The lowest BCUT2D eigenvalue weighted by atomic mass is 9.86. The molecule has 0 bridgehead atoms. The molecule has 0 aromatic heterocycles. The van der Waals surface area contributed by atoms with Gasteiger partial charge in [-0.3, -0.25) is 0 Å². The lowest BCUT2D eigenvalue weighted by Crippen LogP contribution is -2.40. The molecule has 0 aliphatic carbocycles. The number of hydrogen-bond acceptors (Lipinski definition) is 3. The van der Waals surface area contributed by atoms with Crippen LogP contribution in [0.4, 0.5) is 0 Å². The fourth-order valence-corrected chi connectivity index (χ4v) is 1.77. The van der Waals surface area contributed by atoms with Crippen LogP contribution in [0.5, 0.6) is 0 Å². The minimum absolute atomic E-state index is 0.0632. The summed E-state index contributed by atoms with van der Waals surface area (Å²) in [6.45, 7) is 8.97. The van der Waals surface area contributed by atoms with Crippen molar-refractivity contribution in [3.05, 3.63) is 35.4 Å². The van der Waals surface area contributed by atoms with E-state index in [9.17, 15) is 0 Å². The van der Waals surface area contributed by atoms with Gasteiger partial charge in [-0.05, 0) is 29.5 Å². The van der Waals surface area contributed by atoms with Crippen molar-refractivity contribution < 1.29 is 0 Å². The van der Waals surface area contributed by atoms with Gasteiger partial charge in [0, 0.05) is 19.1 Å². The number of benzene rings is 1. The van der Waals surface area contributed by atoms with E-state index < -0.39 is 0 Å². The molecule has 0 saturated carbocycles. The fraction of sp³-hybridized carbons (Fsp3) is 0.600. The van der Waals surface area contributed by atoms with Gasteiger partial charge in [-0.15, -0.1) is 0 Å². The van der Waals surface area contributed by atoms with Crippen LogP contribution in [0.2, 0.25) is 0 Å². The number of nitrogens with two attached hydrogens (primary N) is 2. The van der Waals surface area contributed by atoms with Crippen LogP contribution in [0.3, 0.4) is 0 Å². The SMILES string of the molecule is CC(C)(C)c1ccc(CCNCC(N)CN)cc1. The van der Waals surface area contributed by atoms with E-state index in [1.807, 2.05) is 0 Å². The topological polar surface area (TPSA) is 64.1 Å². The zero-order valence-corrected chi connectivity index (χ0v) is 11.9. The Bertz CT molecular complexity index is 338. The van der Waals surface area contributed by atoms with Crippen molar-refractivity contribution in [3.8, 4) is 0 Å². The van der Waals surface area contributed by atoms with E-state index in [0.29, 0.717) is 6.54 Å². The second-order valence-corrected chi connectivity index (χ2v) is 5.90. The van der Waals surface area contributed by atoms with Crippen molar-refractivity contribution >= 4 is 0 Å². The first-order chi connectivity index (χ1) is 8.43. The molecule has 0 radical (unpaired) electrons. The van der Waals surface area contributed by atoms with E-state index >= 15 is 0 Å². The predicted octanol–water partition coefficient (Wildman–Crippen LogP) is 1.40. The third-order valence-electron chi connectivity index (χ3n) is 3.12.